The van der Waals surface area contributed by atoms with Crippen LogP contribution in [0, 0.1) is 6.92 Å². The van der Waals surface area contributed by atoms with Crippen LogP contribution in [0.4, 0.5) is 0 Å². The molecule has 0 fully saturated rings. The number of thiazole rings is 2. The number of hydrogen-bond donors (Lipinski definition) is 1. The van der Waals surface area contributed by atoms with E-state index in [4.69, 9.17) is 16.3 Å². The van der Waals surface area contributed by atoms with Crippen LogP contribution in [0.3, 0.4) is 0 Å². The molecular formula is C20H22ClN3O2S2. The average molecular weight is 436 g/mol. The number of rotatable bonds is 10. The van der Waals surface area contributed by atoms with Crippen molar-refractivity contribution in [3.8, 4) is 5.75 Å². The van der Waals surface area contributed by atoms with Gasteiger partial charge in [0.2, 0.25) is 5.91 Å². The van der Waals surface area contributed by atoms with Gasteiger partial charge in [0, 0.05) is 28.0 Å². The van der Waals surface area contributed by atoms with Gasteiger partial charge in [0.1, 0.15) is 17.4 Å². The average Bonchev–Trinajstić information content (AvgIpc) is 3.30. The van der Waals surface area contributed by atoms with Crippen LogP contribution in [-0.4, -0.2) is 22.4 Å². The van der Waals surface area contributed by atoms with E-state index >= 15 is 0 Å². The number of aromatic nitrogens is 2. The Labute approximate surface area is 177 Å². The smallest absolute Gasteiger partial charge is 0.226 e. The van der Waals surface area contributed by atoms with E-state index in [-0.39, 0.29) is 5.91 Å². The molecule has 2 aromatic heterocycles. The fourth-order valence-corrected chi connectivity index (χ4v) is 4.20. The number of nitrogens with zero attached hydrogens (tertiary/aromatic N) is 2. The van der Waals surface area contributed by atoms with E-state index in [9.17, 15) is 4.79 Å². The molecule has 0 aliphatic heterocycles. The fraction of sp³-hybridized carbons (Fsp3) is 0.350. The van der Waals surface area contributed by atoms with Crippen molar-refractivity contribution in [2.45, 2.75) is 39.2 Å². The summed E-state index contributed by atoms with van der Waals surface area (Å²) in [6.45, 7) is 3.07. The second kappa shape index (κ2) is 10.5. The van der Waals surface area contributed by atoms with Crippen LogP contribution in [-0.2, 0) is 24.2 Å². The van der Waals surface area contributed by atoms with Crippen LogP contribution < -0.4 is 10.1 Å². The summed E-state index contributed by atoms with van der Waals surface area (Å²) in [4.78, 5) is 21.0. The number of halogens is 1. The van der Waals surface area contributed by atoms with E-state index in [1.54, 1.807) is 23.5 Å². The van der Waals surface area contributed by atoms with Gasteiger partial charge >= 0.3 is 0 Å². The number of unbranched alkanes of at least 4 members (excludes halogenated alkanes) is 1. The number of hydrogen-bond acceptors (Lipinski definition) is 6. The maximum absolute atomic E-state index is 12.1. The second-order valence-electron chi connectivity index (χ2n) is 6.34. The summed E-state index contributed by atoms with van der Waals surface area (Å²) in [5.74, 6) is 0.743. The third kappa shape index (κ3) is 6.89. The predicted octanol–water partition coefficient (Wildman–Crippen LogP) is 4.82. The summed E-state index contributed by atoms with van der Waals surface area (Å²) in [5.41, 5.74) is 1.85. The van der Waals surface area contributed by atoms with E-state index < -0.39 is 0 Å². The molecule has 0 aliphatic rings. The zero-order valence-electron chi connectivity index (χ0n) is 15.6. The molecule has 0 saturated heterocycles. The standard InChI is InChI=1S/C20H22ClN3O2S2/c1-14-12-27-19(23-14)4-2-3-9-22-18(25)10-16-13-28-20(24-16)11-26-17-7-5-15(21)6-8-17/h5-8,12-13H,2-4,9-11H2,1H3,(H,22,25). The van der Waals surface area contributed by atoms with Gasteiger partial charge in [-0.2, -0.15) is 0 Å². The lowest BCUT2D eigenvalue weighted by atomic mass is 10.2. The minimum atomic E-state index is 0.000521. The Hall–Kier alpha value is -1.96. The van der Waals surface area contributed by atoms with Crippen molar-refractivity contribution in [3.63, 3.8) is 0 Å². The maximum atomic E-state index is 12.1. The van der Waals surface area contributed by atoms with Gasteiger partial charge in [0.25, 0.3) is 0 Å². The summed E-state index contributed by atoms with van der Waals surface area (Å²) in [6, 6.07) is 7.21. The summed E-state index contributed by atoms with van der Waals surface area (Å²) in [6.07, 6.45) is 3.23. The van der Waals surface area contributed by atoms with Gasteiger partial charge in [-0.15, -0.1) is 22.7 Å². The number of nitrogens with one attached hydrogen (secondary N) is 1. The summed E-state index contributed by atoms with van der Waals surface area (Å²) in [7, 11) is 0. The van der Waals surface area contributed by atoms with E-state index in [0.29, 0.717) is 24.6 Å². The number of amides is 1. The topological polar surface area (TPSA) is 64.1 Å². The first-order chi connectivity index (χ1) is 13.6. The molecule has 0 radical (unpaired) electrons. The summed E-state index contributed by atoms with van der Waals surface area (Å²) < 4.78 is 5.68. The molecule has 0 saturated carbocycles. The normalized spacial score (nSPS) is 10.8. The SMILES string of the molecule is Cc1csc(CCCCNC(=O)Cc2csc(COc3ccc(Cl)cc3)n2)n1. The molecule has 1 N–H and O–H groups in total. The maximum Gasteiger partial charge on any atom is 0.226 e. The van der Waals surface area contributed by atoms with E-state index in [0.717, 1.165) is 41.4 Å². The van der Waals surface area contributed by atoms with E-state index in [1.165, 1.54) is 16.3 Å². The largest absolute Gasteiger partial charge is 0.486 e. The Bertz CT molecular complexity index is 893. The molecule has 1 aromatic carbocycles. The van der Waals surface area contributed by atoms with Crippen molar-refractivity contribution < 1.29 is 9.53 Å². The second-order valence-corrected chi connectivity index (χ2v) is 8.66. The molecule has 0 spiro atoms. The molecular weight excluding hydrogens is 414 g/mol. The summed E-state index contributed by atoms with van der Waals surface area (Å²) in [5, 5.41) is 9.62. The van der Waals surface area contributed by atoms with Crippen LogP contribution in [0.2, 0.25) is 5.02 Å². The molecule has 0 bridgehead atoms. The molecule has 1 amide bonds. The zero-order valence-corrected chi connectivity index (χ0v) is 18.0. The Morgan fingerprint density at radius 2 is 1.89 bits per heavy atom. The Balaban J connectivity index is 1.32. The Morgan fingerprint density at radius 1 is 1.11 bits per heavy atom. The van der Waals surface area contributed by atoms with Crippen LogP contribution in [0.25, 0.3) is 0 Å². The van der Waals surface area contributed by atoms with Gasteiger partial charge in [0.15, 0.2) is 0 Å². The molecule has 3 aromatic rings. The number of aryl methyl sites for hydroxylation is 2. The van der Waals surface area contributed by atoms with Crippen LogP contribution >= 0.6 is 34.3 Å². The van der Waals surface area contributed by atoms with E-state index in [1.807, 2.05) is 24.4 Å². The third-order valence-electron chi connectivity index (χ3n) is 3.92. The van der Waals surface area contributed by atoms with Crippen molar-refractivity contribution in [3.05, 3.63) is 61.5 Å². The number of carbonyl (C=O) groups excluding carboxylic acids is 1. The first kappa shape index (κ1) is 20.8. The lowest BCUT2D eigenvalue weighted by Gasteiger charge is -2.04. The Kier molecular flexibility index (Phi) is 7.82. The fourth-order valence-electron chi connectivity index (χ4n) is 2.55. The lowest BCUT2D eigenvalue weighted by molar-refractivity contribution is -0.120. The van der Waals surface area contributed by atoms with Gasteiger partial charge in [0.05, 0.1) is 17.1 Å². The number of ether oxygens (including phenoxy) is 1. The molecule has 28 heavy (non-hydrogen) atoms. The highest BCUT2D eigenvalue weighted by molar-refractivity contribution is 7.09. The predicted molar refractivity (Wildman–Crippen MR) is 114 cm³/mol. The molecule has 8 heteroatoms. The van der Waals surface area contributed by atoms with Gasteiger partial charge in [-0.3, -0.25) is 4.79 Å². The van der Waals surface area contributed by atoms with Crippen LogP contribution in [0.1, 0.15) is 34.2 Å². The van der Waals surface area contributed by atoms with Crippen LogP contribution in [0.5, 0.6) is 5.75 Å². The van der Waals surface area contributed by atoms with Crippen molar-refractivity contribution in [2.75, 3.05) is 6.54 Å². The van der Waals surface area contributed by atoms with Crippen LogP contribution in [0.15, 0.2) is 35.0 Å². The minimum Gasteiger partial charge on any atom is -0.486 e. The van der Waals surface area contributed by atoms with Gasteiger partial charge in [-0.25, -0.2) is 9.97 Å². The van der Waals surface area contributed by atoms with Gasteiger partial charge in [-0.05, 0) is 50.5 Å². The van der Waals surface area contributed by atoms with Crippen molar-refractivity contribution in [2.24, 2.45) is 0 Å². The highest BCUT2D eigenvalue weighted by Crippen LogP contribution is 2.18. The third-order valence-corrected chi connectivity index (χ3v) is 6.07. The van der Waals surface area contributed by atoms with Gasteiger partial charge in [-0.1, -0.05) is 11.6 Å². The molecule has 0 unspecified atom stereocenters. The minimum absolute atomic E-state index is 0.000521. The number of carbonyl (C=O) groups is 1. The molecule has 0 aliphatic carbocycles. The van der Waals surface area contributed by atoms with Crippen molar-refractivity contribution >= 4 is 40.2 Å². The molecule has 5 nitrogen and oxygen atoms in total. The highest BCUT2D eigenvalue weighted by atomic mass is 35.5. The monoisotopic (exact) mass is 435 g/mol. The zero-order chi connectivity index (χ0) is 19.8. The van der Waals surface area contributed by atoms with Crippen molar-refractivity contribution in [1.29, 1.82) is 0 Å². The van der Waals surface area contributed by atoms with E-state index in [2.05, 4.69) is 20.7 Å². The highest BCUT2D eigenvalue weighted by Gasteiger charge is 2.08. The lowest BCUT2D eigenvalue weighted by Crippen LogP contribution is -2.26. The first-order valence-corrected chi connectivity index (χ1v) is 11.2. The van der Waals surface area contributed by atoms with Crippen molar-refractivity contribution in [1.82, 2.24) is 15.3 Å². The molecule has 3 rings (SSSR count). The molecule has 2 heterocycles. The molecule has 148 valence electrons. The van der Waals surface area contributed by atoms with Gasteiger partial charge < -0.3 is 10.1 Å². The summed E-state index contributed by atoms with van der Waals surface area (Å²) >= 11 is 9.05. The number of benzene rings is 1. The Morgan fingerprint density at radius 3 is 2.64 bits per heavy atom. The molecule has 0 atom stereocenters. The first-order valence-electron chi connectivity index (χ1n) is 9.08. The quantitative estimate of drug-likeness (QED) is 0.463.